The van der Waals surface area contributed by atoms with Crippen LogP contribution in [0.5, 0.6) is 5.75 Å². The van der Waals surface area contributed by atoms with Crippen LogP contribution in [0.4, 0.5) is 5.69 Å². The maximum atomic E-state index is 11.8. The molecule has 1 aromatic heterocycles. The van der Waals surface area contributed by atoms with Crippen LogP contribution in [-0.4, -0.2) is 10.9 Å². The summed E-state index contributed by atoms with van der Waals surface area (Å²) in [6.45, 7) is 5.79. The maximum Gasteiger partial charge on any atom is 0.226 e. The van der Waals surface area contributed by atoms with Crippen LogP contribution in [0.25, 0.3) is 0 Å². The van der Waals surface area contributed by atoms with Crippen LogP contribution in [0.3, 0.4) is 0 Å². The summed E-state index contributed by atoms with van der Waals surface area (Å²) in [5.74, 6) is 0.842. The predicted molar refractivity (Wildman–Crippen MR) is 115 cm³/mol. The van der Waals surface area contributed by atoms with Crippen molar-refractivity contribution in [2.75, 3.05) is 5.32 Å². The third kappa shape index (κ3) is 6.73. The zero-order valence-electron chi connectivity index (χ0n) is 16.9. The van der Waals surface area contributed by atoms with E-state index >= 15 is 0 Å². The van der Waals surface area contributed by atoms with Gasteiger partial charge in [-0.05, 0) is 53.1 Å². The third-order valence-electron chi connectivity index (χ3n) is 4.46. The predicted octanol–water partition coefficient (Wildman–Crippen LogP) is 4.54. The van der Waals surface area contributed by atoms with Crippen molar-refractivity contribution in [3.05, 3.63) is 89.7 Å². The van der Waals surface area contributed by atoms with Crippen LogP contribution in [0, 0.1) is 5.92 Å². The lowest BCUT2D eigenvalue weighted by Crippen LogP contribution is -2.18. The van der Waals surface area contributed by atoms with Gasteiger partial charge in [-0.25, -0.2) is 0 Å². The van der Waals surface area contributed by atoms with E-state index in [1.165, 1.54) is 5.56 Å². The van der Waals surface area contributed by atoms with E-state index in [-0.39, 0.29) is 11.8 Å². The first-order valence-electron chi connectivity index (χ1n) is 9.81. The molecule has 1 amide bonds. The Balaban J connectivity index is 1.45. The standard InChI is InChI=1S/C24H27N3O2/c1-18(2)24(28)27-22-5-3-4-21(14-22)16-26-15-19-6-8-23(9-7-19)29-17-20-10-12-25-13-11-20/h3-14,18,26H,15-17H2,1-2H3,(H,27,28). The molecule has 0 aliphatic heterocycles. The number of hydrogen-bond donors (Lipinski definition) is 2. The molecule has 0 atom stereocenters. The summed E-state index contributed by atoms with van der Waals surface area (Å²) in [4.78, 5) is 15.8. The molecule has 0 aliphatic rings. The van der Waals surface area contributed by atoms with Crippen molar-refractivity contribution in [2.45, 2.75) is 33.5 Å². The fourth-order valence-corrected chi connectivity index (χ4v) is 2.75. The minimum absolute atomic E-state index is 0.0290. The Morgan fingerprint density at radius 1 is 0.931 bits per heavy atom. The molecule has 0 unspecified atom stereocenters. The molecule has 3 aromatic rings. The number of amides is 1. The van der Waals surface area contributed by atoms with Gasteiger partial charge in [-0.2, -0.15) is 0 Å². The second-order valence-corrected chi connectivity index (χ2v) is 7.24. The monoisotopic (exact) mass is 389 g/mol. The summed E-state index contributed by atoms with van der Waals surface area (Å²) < 4.78 is 5.80. The van der Waals surface area contributed by atoms with Crippen LogP contribution in [0.15, 0.2) is 73.1 Å². The zero-order chi connectivity index (χ0) is 20.5. The molecule has 0 fully saturated rings. The van der Waals surface area contributed by atoms with E-state index in [9.17, 15) is 4.79 Å². The van der Waals surface area contributed by atoms with Crippen LogP contribution in [0.1, 0.15) is 30.5 Å². The first-order valence-corrected chi connectivity index (χ1v) is 9.81. The number of rotatable bonds is 9. The number of pyridine rings is 1. The van der Waals surface area contributed by atoms with Gasteiger partial charge in [0, 0.05) is 37.1 Å². The third-order valence-corrected chi connectivity index (χ3v) is 4.46. The molecule has 5 nitrogen and oxygen atoms in total. The molecule has 0 spiro atoms. The highest BCUT2D eigenvalue weighted by atomic mass is 16.5. The first-order chi connectivity index (χ1) is 14.1. The van der Waals surface area contributed by atoms with Crippen LogP contribution < -0.4 is 15.4 Å². The maximum absolute atomic E-state index is 11.8. The van der Waals surface area contributed by atoms with E-state index in [2.05, 4.69) is 27.8 Å². The molecule has 1 heterocycles. The Bertz CT molecular complexity index is 909. The summed E-state index contributed by atoms with van der Waals surface area (Å²) in [5.41, 5.74) is 4.24. The molecule has 0 radical (unpaired) electrons. The van der Waals surface area contributed by atoms with E-state index in [1.54, 1.807) is 12.4 Å². The lowest BCUT2D eigenvalue weighted by molar-refractivity contribution is -0.118. The summed E-state index contributed by atoms with van der Waals surface area (Å²) in [5, 5.41) is 6.37. The van der Waals surface area contributed by atoms with Gasteiger partial charge >= 0.3 is 0 Å². The van der Waals surface area contributed by atoms with Gasteiger partial charge in [0.05, 0.1) is 0 Å². The van der Waals surface area contributed by atoms with Crippen molar-refractivity contribution in [3.8, 4) is 5.75 Å². The minimum Gasteiger partial charge on any atom is -0.489 e. The molecule has 5 heteroatoms. The van der Waals surface area contributed by atoms with Gasteiger partial charge < -0.3 is 15.4 Å². The summed E-state index contributed by atoms with van der Waals surface area (Å²) in [6, 6.07) is 19.9. The van der Waals surface area contributed by atoms with E-state index in [0.29, 0.717) is 6.61 Å². The van der Waals surface area contributed by atoms with Gasteiger partial charge in [-0.15, -0.1) is 0 Å². The molecule has 0 saturated carbocycles. The molecule has 0 saturated heterocycles. The molecule has 3 rings (SSSR count). The Labute approximate surface area is 172 Å². The van der Waals surface area contributed by atoms with Gasteiger partial charge in [0.15, 0.2) is 0 Å². The average molecular weight is 389 g/mol. The molecule has 0 aliphatic carbocycles. The summed E-state index contributed by atoms with van der Waals surface area (Å²) in [6.07, 6.45) is 3.53. The largest absolute Gasteiger partial charge is 0.489 e. The van der Waals surface area contributed by atoms with Crippen molar-refractivity contribution in [1.82, 2.24) is 10.3 Å². The fraction of sp³-hybridized carbons (Fsp3) is 0.250. The van der Waals surface area contributed by atoms with Gasteiger partial charge in [0.2, 0.25) is 5.91 Å². The number of hydrogen-bond acceptors (Lipinski definition) is 4. The molecule has 150 valence electrons. The number of nitrogens with one attached hydrogen (secondary N) is 2. The summed E-state index contributed by atoms with van der Waals surface area (Å²) in [7, 11) is 0. The molecular formula is C24H27N3O2. The number of benzene rings is 2. The molecule has 0 bridgehead atoms. The number of aromatic nitrogens is 1. The highest BCUT2D eigenvalue weighted by molar-refractivity contribution is 5.92. The van der Waals surface area contributed by atoms with E-state index < -0.39 is 0 Å². The normalized spacial score (nSPS) is 10.7. The van der Waals surface area contributed by atoms with Gasteiger partial charge in [-0.1, -0.05) is 38.1 Å². The highest BCUT2D eigenvalue weighted by Gasteiger charge is 2.07. The van der Waals surface area contributed by atoms with Crippen molar-refractivity contribution in [1.29, 1.82) is 0 Å². The lowest BCUT2D eigenvalue weighted by Gasteiger charge is -2.10. The Kier molecular flexibility index (Phi) is 7.36. The van der Waals surface area contributed by atoms with Crippen molar-refractivity contribution >= 4 is 11.6 Å². The topological polar surface area (TPSA) is 63.2 Å². The van der Waals surface area contributed by atoms with Gasteiger partial charge in [-0.3, -0.25) is 9.78 Å². The SMILES string of the molecule is CC(C)C(=O)Nc1cccc(CNCc2ccc(OCc3ccncc3)cc2)c1. The van der Waals surface area contributed by atoms with E-state index in [1.807, 2.05) is 62.4 Å². The van der Waals surface area contributed by atoms with Crippen LogP contribution in [-0.2, 0) is 24.5 Å². The number of anilines is 1. The minimum atomic E-state index is -0.0339. The smallest absolute Gasteiger partial charge is 0.226 e. The average Bonchev–Trinajstić information content (AvgIpc) is 2.74. The van der Waals surface area contributed by atoms with Crippen molar-refractivity contribution in [3.63, 3.8) is 0 Å². The van der Waals surface area contributed by atoms with Crippen LogP contribution >= 0.6 is 0 Å². The number of carbonyl (C=O) groups is 1. The highest BCUT2D eigenvalue weighted by Crippen LogP contribution is 2.15. The molecule has 29 heavy (non-hydrogen) atoms. The van der Waals surface area contributed by atoms with E-state index in [4.69, 9.17) is 4.74 Å². The second kappa shape index (κ2) is 10.4. The first kappa shape index (κ1) is 20.6. The van der Waals surface area contributed by atoms with Gasteiger partial charge in [0.1, 0.15) is 12.4 Å². The molecule has 2 N–H and O–H groups in total. The summed E-state index contributed by atoms with van der Waals surface area (Å²) >= 11 is 0. The lowest BCUT2D eigenvalue weighted by atomic mass is 10.1. The van der Waals surface area contributed by atoms with Crippen molar-refractivity contribution in [2.24, 2.45) is 5.92 Å². The van der Waals surface area contributed by atoms with E-state index in [0.717, 1.165) is 35.7 Å². The number of nitrogens with zero attached hydrogens (tertiary/aromatic N) is 1. The zero-order valence-corrected chi connectivity index (χ0v) is 16.9. The molecule has 2 aromatic carbocycles. The van der Waals surface area contributed by atoms with Crippen molar-refractivity contribution < 1.29 is 9.53 Å². The van der Waals surface area contributed by atoms with Gasteiger partial charge in [0.25, 0.3) is 0 Å². The second-order valence-electron chi connectivity index (χ2n) is 7.24. The number of carbonyl (C=O) groups excluding carboxylic acids is 1. The Hall–Kier alpha value is -3.18. The molecular weight excluding hydrogens is 362 g/mol. The fourth-order valence-electron chi connectivity index (χ4n) is 2.75. The quantitative estimate of drug-likeness (QED) is 0.564. The Morgan fingerprint density at radius 2 is 1.66 bits per heavy atom. The van der Waals surface area contributed by atoms with Crippen LogP contribution in [0.2, 0.25) is 0 Å². The Morgan fingerprint density at radius 3 is 2.38 bits per heavy atom. The number of ether oxygens (including phenoxy) is 1.